The lowest BCUT2D eigenvalue weighted by atomic mass is 10.1. The standard InChI is InChI=1S/C22H20N8O/c1-29(8-7-26-31)18-4-5-21(24-13-18)27-20-11-17(14-30-9-6-23-22(20)30)15-2-3-16-12-25-28-19(16)10-15/h2-6,9-14H,7-8H2,1H3,(H,24,27)(H,25,28). The Morgan fingerprint density at radius 3 is 2.90 bits per heavy atom. The summed E-state index contributed by atoms with van der Waals surface area (Å²) >= 11 is 0. The van der Waals surface area contributed by atoms with Crippen molar-refractivity contribution in [3.8, 4) is 11.1 Å². The molecule has 0 aliphatic carbocycles. The predicted molar refractivity (Wildman–Crippen MR) is 122 cm³/mol. The minimum absolute atomic E-state index is 0.242. The summed E-state index contributed by atoms with van der Waals surface area (Å²) in [6.07, 6.45) is 9.33. The Kier molecular flexibility index (Phi) is 4.75. The molecule has 0 saturated carbocycles. The van der Waals surface area contributed by atoms with Crippen LogP contribution in [0.4, 0.5) is 17.2 Å². The van der Waals surface area contributed by atoms with Crippen LogP contribution in [0.5, 0.6) is 0 Å². The highest BCUT2D eigenvalue weighted by Gasteiger charge is 2.10. The molecular formula is C22H20N8O. The third kappa shape index (κ3) is 3.68. The molecule has 4 aromatic heterocycles. The fraction of sp³-hybridized carbons (Fsp3) is 0.136. The van der Waals surface area contributed by atoms with Gasteiger partial charge in [-0.25, -0.2) is 9.97 Å². The van der Waals surface area contributed by atoms with Crippen molar-refractivity contribution in [1.82, 2.24) is 24.6 Å². The van der Waals surface area contributed by atoms with Gasteiger partial charge < -0.3 is 14.6 Å². The topological polar surface area (TPSA) is 104 Å². The number of rotatable bonds is 7. The summed E-state index contributed by atoms with van der Waals surface area (Å²) in [7, 11) is 1.91. The van der Waals surface area contributed by atoms with Crippen molar-refractivity contribution < 1.29 is 0 Å². The molecule has 0 bridgehead atoms. The molecule has 0 saturated heterocycles. The Bertz CT molecular complexity index is 1360. The summed E-state index contributed by atoms with van der Waals surface area (Å²) in [4.78, 5) is 21.3. The second-order valence-corrected chi connectivity index (χ2v) is 7.27. The fourth-order valence-corrected chi connectivity index (χ4v) is 3.54. The summed E-state index contributed by atoms with van der Waals surface area (Å²) in [5, 5.41) is 14.5. The number of likely N-dealkylation sites (N-methyl/N-ethyl adjacent to an activating group) is 1. The van der Waals surface area contributed by atoms with Gasteiger partial charge in [0.15, 0.2) is 5.65 Å². The van der Waals surface area contributed by atoms with Crippen molar-refractivity contribution >= 4 is 33.7 Å². The number of fused-ring (bicyclic) bond motifs is 2. The zero-order chi connectivity index (χ0) is 21.2. The van der Waals surface area contributed by atoms with Crippen LogP contribution in [0, 0.1) is 4.91 Å². The second-order valence-electron chi connectivity index (χ2n) is 7.27. The third-order valence-corrected chi connectivity index (χ3v) is 5.24. The maximum atomic E-state index is 10.3. The number of hydrogen-bond acceptors (Lipinski definition) is 7. The molecule has 1 aromatic carbocycles. The first-order chi connectivity index (χ1) is 15.2. The van der Waals surface area contributed by atoms with E-state index in [1.165, 1.54) is 0 Å². The van der Waals surface area contributed by atoms with E-state index in [4.69, 9.17) is 0 Å². The molecule has 0 atom stereocenters. The lowest BCUT2D eigenvalue weighted by Gasteiger charge is -2.17. The quantitative estimate of drug-likeness (QED) is 0.388. The van der Waals surface area contributed by atoms with Crippen LogP contribution in [0.15, 0.2) is 72.6 Å². The first-order valence-electron chi connectivity index (χ1n) is 9.85. The van der Waals surface area contributed by atoms with Crippen LogP contribution in [0.3, 0.4) is 0 Å². The van der Waals surface area contributed by atoms with Crippen molar-refractivity contribution in [2.45, 2.75) is 0 Å². The van der Waals surface area contributed by atoms with Gasteiger partial charge in [0, 0.05) is 43.1 Å². The normalized spacial score (nSPS) is 11.1. The molecule has 4 heterocycles. The molecule has 5 aromatic rings. The van der Waals surface area contributed by atoms with Crippen LogP contribution in [0.25, 0.3) is 27.7 Å². The van der Waals surface area contributed by atoms with Gasteiger partial charge in [-0.3, -0.25) is 5.10 Å². The Morgan fingerprint density at radius 2 is 2.06 bits per heavy atom. The maximum absolute atomic E-state index is 10.3. The van der Waals surface area contributed by atoms with E-state index >= 15 is 0 Å². The first kappa shape index (κ1) is 18.7. The molecule has 0 spiro atoms. The van der Waals surface area contributed by atoms with Gasteiger partial charge in [0.2, 0.25) is 0 Å². The van der Waals surface area contributed by atoms with Gasteiger partial charge in [-0.2, -0.15) is 10.0 Å². The summed E-state index contributed by atoms with van der Waals surface area (Å²) in [5.41, 5.74) is 5.69. The number of nitrogens with zero attached hydrogens (tertiary/aromatic N) is 6. The maximum Gasteiger partial charge on any atom is 0.160 e. The summed E-state index contributed by atoms with van der Waals surface area (Å²) in [5.74, 6) is 0.705. The van der Waals surface area contributed by atoms with E-state index in [0.29, 0.717) is 12.4 Å². The van der Waals surface area contributed by atoms with E-state index < -0.39 is 0 Å². The van der Waals surface area contributed by atoms with Crippen LogP contribution < -0.4 is 10.2 Å². The number of nitrogens with one attached hydrogen (secondary N) is 2. The molecule has 9 nitrogen and oxygen atoms in total. The smallest absolute Gasteiger partial charge is 0.160 e. The number of imidazole rings is 1. The molecule has 0 amide bonds. The van der Waals surface area contributed by atoms with Crippen molar-refractivity contribution in [2.24, 2.45) is 5.18 Å². The van der Waals surface area contributed by atoms with E-state index in [9.17, 15) is 4.91 Å². The number of pyridine rings is 2. The van der Waals surface area contributed by atoms with E-state index in [1.54, 1.807) is 12.4 Å². The molecule has 0 aliphatic heterocycles. The number of nitroso groups, excluding NO2 is 1. The number of aromatic amines is 1. The average Bonchev–Trinajstić information content (AvgIpc) is 3.46. The number of benzene rings is 1. The highest BCUT2D eigenvalue weighted by molar-refractivity contribution is 5.86. The lowest BCUT2D eigenvalue weighted by molar-refractivity contribution is 0.879. The zero-order valence-corrected chi connectivity index (χ0v) is 16.9. The third-order valence-electron chi connectivity index (χ3n) is 5.24. The highest BCUT2D eigenvalue weighted by Crippen LogP contribution is 2.29. The van der Waals surface area contributed by atoms with Crippen LogP contribution >= 0.6 is 0 Å². The molecule has 31 heavy (non-hydrogen) atoms. The fourth-order valence-electron chi connectivity index (χ4n) is 3.54. The van der Waals surface area contributed by atoms with E-state index in [2.05, 4.69) is 61.1 Å². The van der Waals surface area contributed by atoms with Crippen LogP contribution in [-0.2, 0) is 0 Å². The second kappa shape index (κ2) is 7.86. The first-order valence-corrected chi connectivity index (χ1v) is 9.85. The molecule has 0 radical (unpaired) electrons. The van der Waals surface area contributed by atoms with Gasteiger partial charge in [-0.1, -0.05) is 17.3 Å². The lowest BCUT2D eigenvalue weighted by Crippen LogP contribution is -2.20. The number of H-pyrrole nitrogens is 1. The molecule has 2 N–H and O–H groups in total. The number of anilines is 3. The van der Waals surface area contributed by atoms with Gasteiger partial charge in [-0.15, -0.1) is 0 Å². The van der Waals surface area contributed by atoms with E-state index in [1.807, 2.05) is 40.9 Å². The Labute approximate surface area is 177 Å². The van der Waals surface area contributed by atoms with Crippen molar-refractivity contribution in [2.75, 3.05) is 30.4 Å². The summed E-state index contributed by atoms with van der Waals surface area (Å²) < 4.78 is 1.99. The minimum atomic E-state index is 0.242. The molecule has 0 aliphatic rings. The average molecular weight is 412 g/mol. The Balaban J connectivity index is 1.47. The predicted octanol–water partition coefficient (Wildman–Crippen LogP) is 4.22. The summed E-state index contributed by atoms with van der Waals surface area (Å²) in [6, 6.07) is 12.1. The monoisotopic (exact) mass is 412 g/mol. The van der Waals surface area contributed by atoms with Gasteiger partial charge >= 0.3 is 0 Å². The van der Waals surface area contributed by atoms with E-state index in [-0.39, 0.29) is 6.54 Å². The van der Waals surface area contributed by atoms with Crippen molar-refractivity contribution in [3.63, 3.8) is 0 Å². The Morgan fingerprint density at radius 1 is 1.13 bits per heavy atom. The molecule has 0 unspecified atom stereocenters. The number of hydrogen-bond donors (Lipinski definition) is 2. The SMILES string of the molecule is CN(CCN=O)c1ccc(Nc2cc(-c3ccc4cn[nH]c4c3)cn3ccnc23)nc1. The van der Waals surface area contributed by atoms with Crippen LogP contribution in [0.2, 0.25) is 0 Å². The zero-order valence-electron chi connectivity index (χ0n) is 16.9. The molecule has 5 rings (SSSR count). The molecule has 154 valence electrons. The molecule has 9 heteroatoms. The Hall–Kier alpha value is -4.27. The minimum Gasteiger partial charge on any atom is -0.371 e. The van der Waals surface area contributed by atoms with Crippen LogP contribution in [-0.4, -0.2) is 44.7 Å². The van der Waals surface area contributed by atoms with Gasteiger partial charge in [0.1, 0.15) is 5.82 Å². The van der Waals surface area contributed by atoms with Crippen molar-refractivity contribution in [1.29, 1.82) is 0 Å². The number of aromatic nitrogens is 5. The largest absolute Gasteiger partial charge is 0.371 e. The molecule has 0 fully saturated rings. The molecular weight excluding hydrogens is 392 g/mol. The van der Waals surface area contributed by atoms with Crippen LogP contribution in [0.1, 0.15) is 0 Å². The van der Waals surface area contributed by atoms with Gasteiger partial charge in [-0.05, 0) is 29.8 Å². The summed E-state index contributed by atoms with van der Waals surface area (Å²) in [6.45, 7) is 0.793. The van der Waals surface area contributed by atoms with Gasteiger partial charge in [0.05, 0.1) is 35.8 Å². The highest BCUT2D eigenvalue weighted by atomic mass is 16.3. The van der Waals surface area contributed by atoms with Gasteiger partial charge in [0.25, 0.3) is 0 Å². The van der Waals surface area contributed by atoms with Crippen molar-refractivity contribution in [3.05, 3.63) is 72.3 Å². The van der Waals surface area contributed by atoms with E-state index in [0.717, 1.165) is 39.1 Å².